The summed E-state index contributed by atoms with van der Waals surface area (Å²) in [4.78, 5) is 40.8. The molecule has 0 radical (unpaired) electrons. The number of nitrogens with one attached hydrogen (secondary N) is 2. The number of carbonyl (C=O) groups is 2. The maximum atomic E-state index is 15.1. The van der Waals surface area contributed by atoms with E-state index in [0.717, 1.165) is 17.2 Å². The van der Waals surface area contributed by atoms with E-state index in [2.05, 4.69) is 21.6 Å². The molecule has 2 aromatic carbocycles. The van der Waals surface area contributed by atoms with Gasteiger partial charge in [-0.3, -0.25) is 14.4 Å². The Kier molecular flexibility index (Phi) is 8.29. The molecule has 0 bridgehead atoms. The highest BCUT2D eigenvalue weighted by Crippen LogP contribution is 2.43. The van der Waals surface area contributed by atoms with E-state index in [1.54, 1.807) is 25.7 Å². The average Bonchev–Trinajstić information content (AvgIpc) is 3.38. The van der Waals surface area contributed by atoms with E-state index < -0.39 is 28.7 Å². The van der Waals surface area contributed by atoms with Gasteiger partial charge in [0.25, 0.3) is 5.91 Å². The normalized spacial score (nSPS) is 17.6. The first-order valence-electron chi connectivity index (χ1n) is 13.5. The Morgan fingerprint density at radius 2 is 1.93 bits per heavy atom. The third-order valence-electron chi connectivity index (χ3n) is 7.51. The number of likely N-dealkylation sites (tertiary alicyclic amines) is 1. The highest BCUT2D eigenvalue weighted by atomic mass is 19.1. The Balaban J connectivity index is 1.56. The Morgan fingerprint density at radius 1 is 1.20 bits per heavy atom. The van der Waals surface area contributed by atoms with E-state index in [1.165, 1.54) is 12.1 Å². The quantitative estimate of drug-likeness (QED) is 0.418. The molecule has 0 aliphatic carbocycles. The lowest BCUT2D eigenvalue weighted by Gasteiger charge is -2.38. The summed E-state index contributed by atoms with van der Waals surface area (Å²) < 4.78 is 20.6. The number of nitrogens with zero attached hydrogens (tertiary/aromatic N) is 3. The molecule has 2 N–H and O–H groups in total. The van der Waals surface area contributed by atoms with E-state index in [0.29, 0.717) is 18.5 Å². The zero-order valence-corrected chi connectivity index (χ0v) is 24.0. The van der Waals surface area contributed by atoms with Crippen LogP contribution < -0.4 is 15.6 Å². The lowest BCUT2D eigenvalue weighted by atomic mass is 9.84. The molecule has 0 saturated carbocycles. The fraction of sp³-hybridized carbons (Fsp3) is 0.387. The Labute approximate surface area is 238 Å². The molecule has 10 heteroatoms. The van der Waals surface area contributed by atoms with Gasteiger partial charge in [-0.15, -0.1) is 0 Å². The molecule has 3 aromatic rings. The minimum absolute atomic E-state index is 0.00243. The van der Waals surface area contributed by atoms with Crippen molar-refractivity contribution in [1.29, 1.82) is 5.26 Å². The Hall–Kier alpha value is -4.52. The SMILES string of the molecule is Cc1cccc([C@@H]2CC[C@H](C(C)(C)C#N)N2C(=O)[C@@H](C)NC(=O)c2cc(C)c(Oc3cc(C)n[nH]c3=O)c(F)c2)c1. The summed E-state index contributed by atoms with van der Waals surface area (Å²) in [6.07, 6.45) is 1.34. The molecule has 1 aliphatic heterocycles. The first-order valence-corrected chi connectivity index (χ1v) is 13.5. The summed E-state index contributed by atoms with van der Waals surface area (Å²) in [7, 11) is 0. The van der Waals surface area contributed by atoms with E-state index in [1.807, 2.05) is 45.0 Å². The predicted molar refractivity (Wildman–Crippen MR) is 151 cm³/mol. The Morgan fingerprint density at radius 3 is 2.59 bits per heavy atom. The van der Waals surface area contributed by atoms with Gasteiger partial charge in [-0.25, -0.2) is 9.49 Å². The maximum absolute atomic E-state index is 15.1. The molecule has 2 heterocycles. The lowest BCUT2D eigenvalue weighted by molar-refractivity contribution is -0.137. The number of halogens is 1. The number of benzene rings is 2. The van der Waals surface area contributed by atoms with Crippen molar-refractivity contribution >= 4 is 11.8 Å². The van der Waals surface area contributed by atoms with Crippen molar-refractivity contribution < 1.29 is 18.7 Å². The van der Waals surface area contributed by atoms with Crippen LogP contribution in [-0.4, -0.2) is 39.0 Å². The van der Waals surface area contributed by atoms with E-state index >= 15 is 4.39 Å². The van der Waals surface area contributed by atoms with E-state index in [9.17, 15) is 19.6 Å². The van der Waals surface area contributed by atoms with E-state index in [4.69, 9.17) is 4.74 Å². The van der Waals surface area contributed by atoms with Gasteiger partial charge in [0.1, 0.15) is 6.04 Å². The molecule has 9 nitrogen and oxygen atoms in total. The number of aromatic amines is 1. The molecule has 4 rings (SSSR count). The fourth-order valence-electron chi connectivity index (χ4n) is 5.33. The molecule has 0 spiro atoms. The van der Waals surface area contributed by atoms with Crippen LogP contribution >= 0.6 is 0 Å². The molecule has 1 aromatic heterocycles. The number of ether oxygens (including phenoxy) is 1. The summed E-state index contributed by atoms with van der Waals surface area (Å²) in [5, 5.41) is 18.6. The number of aromatic nitrogens is 2. The van der Waals surface area contributed by atoms with Crippen molar-refractivity contribution in [2.75, 3.05) is 0 Å². The smallest absolute Gasteiger partial charge is 0.307 e. The molecule has 2 amide bonds. The van der Waals surface area contributed by atoms with Crippen LogP contribution in [0.2, 0.25) is 0 Å². The second-order valence-electron chi connectivity index (χ2n) is 11.2. The molecule has 41 heavy (non-hydrogen) atoms. The number of nitriles is 1. The standard InChI is InChI=1S/C31H34FN5O4/c1-17-8-7-9-21(12-17)24-10-11-26(31(5,6)16-33)37(24)30(40)20(4)34-28(38)22-13-18(2)27(23(32)15-22)41-25-14-19(3)35-36-29(25)39/h7-9,12-15,20,24,26H,10-11H2,1-6H3,(H,34,38)(H,36,39)/t20-,24+,26-/m1/s1. The molecule has 1 aliphatic rings. The minimum Gasteiger partial charge on any atom is -0.448 e. The molecule has 3 atom stereocenters. The predicted octanol–water partition coefficient (Wildman–Crippen LogP) is 5.03. The monoisotopic (exact) mass is 559 g/mol. The molecule has 214 valence electrons. The second-order valence-corrected chi connectivity index (χ2v) is 11.2. The van der Waals surface area contributed by atoms with Crippen LogP contribution in [0.25, 0.3) is 0 Å². The number of rotatable bonds is 7. The number of hydrogen-bond acceptors (Lipinski definition) is 6. The fourth-order valence-corrected chi connectivity index (χ4v) is 5.33. The van der Waals surface area contributed by atoms with Crippen LogP contribution in [0.1, 0.15) is 72.4 Å². The van der Waals surface area contributed by atoms with Crippen LogP contribution in [0.4, 0.5) is 4.39 Å². The minimum atomic E-state index is -0.942. The third-order valence-corrected chi connectivity index (χ3v) is 7.51. The van der Waals surface area contributed by atoms with Crippen LogP contribution in [0.5, 0.6) is 11.5 Å². The van der Waals surface area contributed by atoms with Gasteiger partial charge in [-0.05, 0) is 77.6 Å². The van der Waals surface area contributed by atoms with Crippen molar-refractivity contribution in [3.05, 3.63) is 86.6 Å². The number of H-pyrrole nitrogens is 1. The maximum Gasteiger partial charge on any atom is 0.307 e. The molecule has 0 unspecified atom stereocenters. The summed E-state index contributed by atoms with van der Waals surface area (Å²) in [5.74, 6) is -2.11. The number of aryl methyl sites for hydroxylation is 3. The zero-order valence-electron chi connectivity index (χ0n) is 24.0. The molecular weight excluding hydrogens is 525 g/mol. The van der Waals surface area contributed by atoms with Crippen molar-refractivity contribution in [1.82, 2.24) is 20.4 Å². The lowest BCUT2D eigenvalue weighted by Crippen LogP contribution is -2.52. The first-order chi connectivity index (χ1) is 19.3. The second kappa shape index (κ2) is 11.5. The zero-order chi connectivity index (χ0) is 30.1. The number of carbonyl (C=O) groups excluding carboxylic acids is 2. The van der Waals surface area contributed by atoms with Gasteiger partial charge in [0.05, 0.1) is 29.3 Å². The average molecular weight is 560 g/mol. The highest BCUT2D eigenvalue weighted by molar-refractivity contribution is 5.98. The summed E-state index contributed by atoms with van der Waals surface area (Å²) in [6, 6.07) is 12.6. The first kappa shape index (κ1) is 29.5. The number of hydrogen-bond donors (Lipinski definition) is 2. The van der Waals surface area contributed by atoms with Gasteiger partial charge in [-0.1, -0.05) is 29.8 Å². The molecular formula is C31H34FN5O4. The van der Waals surface area contributed by atoms with E-state index in [-0.39, 0.29) is 40.6 Å². The van der Waals surface area contributed by atoms with Crippen LogP contribution in [0.3, 0.4) is 0 Å². The van der Waals surface area contributed by atoms with Gasteiger partial charge >= 0.3 is 5.56 Å². The van der Waals surface area contributed by atoms with Crippen LogP contribution in [0, 0.1) is 43.3 Å². The van der Waals surface area contributed by atoms with Gasteiger partial charge in [0.15, 0.2) is 17.3 Å². The van der Waals surface area contributed by atoms with Crippen molar-refractivity contribution in [3.8, 4) is 17.6 Å². The van der Waals surface area contributed by atoms with Gasteiger partial charge in [-0.2, -0.15) is 10.4 Å². The van der Waals surface area contributed by atoms with Gasteiger partial charge < -0.3 is 15.0 Å². The van der Waals surface area contributed by atoms with Gasteiger partial charge in [0, 0.05) is 11.6 Å². The summed E-state index contributed by atoms with van der Waals surface area (Å²) in [6.45, 7) is 10.4. The summed E-state index contributed by atoms with van der Waals surface area (Å²) in [5.41, 5.74) is 1.39. The summed E-state index contributed by atoms with van der Waals surface area (Å²) >= 11 is 0. The molecule has 1 fully saturated rings. The van der Waals surface area contributed by atoms with Crippen LogP contribution in [0.15, 0.2) is 47.3 Å². The Bertz CT molecular complexity index is 1570. The molecule has 1 saturated heterocycles. The largest absolute Gasteiger partial charge is 0.448 e. The third kappa shape index (κ3) is 6.14. The van der Waals surface area contributed by atoms with Gasteiger partial charge in [0.2, 0.25) is 5.91 Å². The van der Waals surface area contributed by atoms with Crippen LogP contribution in [-0.2, 0) is 4.79 Å². The van der Waals surface area contributed by atoms with Crippen molar-refractivity contribution in [2.24, 2.45) is 5.41 Å². The number of amides is 2. The van der Waals surface area contributed by atoms with Crippen molar-refractivity contribution in [3.63, 3.8) is 0 Å². The highest BCUT2D eigenvalue weighted by Gasteiger charge is 2.46. The van der Waals surface area contributed by atoms with Crippen molar-refractivity contribution in [2.45, 2.75) is 72.5 Å². The topological polar surface area (TPSA) is 128 Å².